The number of hydrogen-bond acceptors (Lipinski definition) is 2. The second-order valence-electron chi connectivity index (χ2n) is 4.52. The molecule has 0 atom stereocenters. The number of carboxylic acid groups (broad SMARTS) is 1. The first-order valence-electron chi connectivity index (χ1n) is 6.33. The van der Waals surface area contributed by atoms with E-state index in [0.29, 0.717) is 6.61 Å². The monoisotopic (exact) mass is 268 g/mol. The van der Waals surface area contributed by atoms with E-state index in [1.807, 2.05) is 55.5 Å². The fourth-order valence-corrected chi connectivity index (χ4v) is 1.76. The Balaban J connectivity index is 2.01. The van der Waals surface area contributed by atoms with Gasteiger partial charge in [0, 0.05) is 6.08 Å². The maximum absolute atomic E-state index is 10.5. The Morgan fingerprint density at radius 2 is 1.95 bits per heavy atom. The van der Waals surface area contributed by atoms with Gasteiger partial charge >= 0.3 is 5.97 Å². The van der Waals surface area contributed by atoms with Crippen LogP contribution in [0.3, 0.4) is 0 Å². The van der Waals surface area contributed by atoms with Crippen molar-refractivity contribution in [1.29, 1.82) is 0 Å². The lowest BCUT2D eigenvalue weighted by atomic mass is 10.1. The Hall–Kier alpha value is -2.55. The number of rotatable bonds is 5. The molecule has 0 spiro atoms. The SMILES string of the molecule is Cc1ccc(OCc2cccc(C=CC(=O)O)c2)cc1. The third-order valence-electron chi connectivity index (χ3n) is 2.80. The molecule has 0 saturated heterocycles. The highest BCUT2D eigenvalue weighted by atomic mass is 16.5. The lowest BCUT2D eigenvalue weighted by molar-refractivity contribution is -0.131. The maximum atomic E-state index is 10.5. The van der Waals surface area contributed by atoms with E-state index in [2.05, 4.69) is 0 Å². The van der Waals surface area contributed by atoms with E-state index in [0.717, 1.165) is 23.0 Å². The van der Waals surface area contributed by atoms with Gasteiger partial charge in [-0.3, -0.25) is 0 Å². The van der Waals surface area contributed by atoms with E-state index in [1.165, 1.54) is 5.56 Å². The Morgan fingerprint density at radius 3 is 2.65 bits per heavy atom. The van der Waals surface area contributed by atoms with E-state index >= 15 is 0 Å². The molecule has 0 aliphatic heterocycles. The molecule has 2 aromatic rings. The number of aryl methyl sites for hydroxylation is 1. The van der Waals surface area contributed by atoms with Gasteiger partial charge in [0.2, 0.25) is 0 Å². The highest BCUT2D eigenvalue weighted by Crippen LogP contribution is 2.14. The van der Waals surface area contributed by atoms with Gasteiger partial charge in [-0.1, -0.05) is 35.9 Å². The molecular weight excluding hydrogens is 252 g/mol. The highest BCUT2D eigenvalue weighted by molar-refractivity contribution is 5.85. The van der Waals surface area contributed by atoms with Crippen molar-refractivity contribution in [2.45, 2.75) is 13.5 Å². The van der Waals surface area contributed by atoms with Crippen molar-refractivity contribution in [3.05, 3.63) is 71.3 Å². The zero-order valence-corrected chi connectivity index (χ0v) is 11.2. The van der Waals surface area contributed by atoms with Gasteiger partial charge < -0.3 is 9.84 Å². The average molecular weight is 268 g/mol. The predicted molar refractivity (Wildman–Crippen MR) is 78.6 cm³/mol. The molecule has 2 aromatic carbocycles. The summed E-state index contributed by atoms with van der Waals surface area (Å²) in [7, 11) is 0. The van der Waals surface area contributed by atoms with Crippen LogP contribution >= 0.6 is 0 Å². The fraction of sp³-hybridized carbons (Fsp3) is 0.118. The van der Waals surface area contributed by atoms with Gasteiger partial charge in [-0.15, -0.1) is 0 Å². The average Bonchev–Trinajstić information content (AvgIpc) is 2.45. The van der Waals surface area contributed by atoms with Crippen LogP contribution in [0.5, 0.6) is 5.75 Å². The maximum Gasteiger partial charge on any atom is 0.328 e. The van der Waals surface area contributed by atoms with Crippen LogP contribution in [0.15, 0.2) is 54.6 Å². The van der Waals surface area contributed by atoms with Crippen molar-refractivity contribution in [2.75, 3.05) is 0 Å². The van der Waals surface area contributed by atoms with Crippen molar-refractivity contribution in [1.82, 2.24) is 0 Å². The first-order chi connectivity index (χ1) is 9.63. The van der Waals surface area contributed by atoms with Crippen LogP contribution in [0.4, 0.5) is 0 Å². The molecule has 0 fully saturated rings. The first-order valence-corrected chi connectivity index (χ1v) is 6.33. The third-order valence-corrected chi connectivity index (χ3v) is 2.80. The molecule has 0 aliphatic rings. The van der Waals surface area contributed by atoms with Crippen LogP contribution in [0.1, 0.15) is 16.7 Å². The van der Waals surface area contributed by atoms with E-state index in [-0.39, 0.29) is 0 Å². The molecule has 0 aromatic heterocycles. The summed E-state index contributed by atoms with van der Waals surface area (Å²) in [6, 6.07) is 15.5. The quantitative estimate of drug-likeness (QED) is 0.841. The summed E-state index contributed by atoms with van der Waals surface area (Å²) in [6.45, 7) is 2.49. The highest BCUT2D eigenvalue weighted by Gasteiger charge is 1.97. The number of hydrogen-bond donors (Lipinski definition) is 1. The van der Waals surface area contributed by atoms with E-state index in [9.17, 15) is 4.79 Å². The molecule has 0 saturated carbocycles. The van der Waals surface area contributed by atoms with Crippen molar-refractivity contribution < 1.29 is 14.6 Å². The van der Waals surface area contributed by atoms with Gasteiger partial charge in [-0.25, -0.2) is 4.79 Å². The minimum atomic E-state index is -0.952. The van der Waals surface area contributed by atoms with Crippen LogP contribution in [0.25, 0.3) is 6.08 Å². The molecule has 0 amide bonds. The fourth-order valence-electron chi connectivity index (χ4n) is 1.76. The van der Waals surface area contributed by atoms with E-state index in [4.69, 9.17) is 9.84 Å². The molecule has 3 heteroatoms. The molecule has 1 N–H and O–H groups in total. The number of carboxylic acids is 1. The zero-order valence-electron chi connectivity index (χ0n) is 11.2. The topological polar surface area (TPSA) is 46.5 Å². The summed E-state index contributed by atoms with van der Waals surface area (Å²) >= 11 is 0. The van der Waals surface area contributed by atoms with E-state index in [1.54, 1.807) is 6.08 Å². The smallest absolute Gasteiger partial charge is 0.328 e. The molecular formula is C17H16O3. The summed E-state index contributed by atoms with van der Waals surface area (Å²) in [5, 5.41) is 8.61. The van der Waals surface area contributed by atoms with Crippen LogP contribution in [-0.4, -0.2) is 11.1 Å². The molecule has 0 heterocycles. The number of ether oxygens (including phenoxy) is 1. The molecule has 0 bridgehead atoms. The molecule has 0 radical (unpaired) electrons. The first kappa shape index (κ1) is 13.9. The minimum absolute atomic E-state index is 0.456. The Kier molecular flexibility index (Phi) is 4.56. The molecule has 0 aliphatic carbocycles. The Bertz CT molecular complexity index is 612. The van der Waals surface area contributed by atoms with Crippen molar-refractivity contribution in [3.8, 4) is 5.75 Å². The van der Waals surface area contributed by atoms with Gasteiger partial charge in [0.05, 0.1) is 0 Å². The summed E-state index contributed by atoms with van der Waals surface area (Å²) in [6.07, 6.45) is 2.69. The second kappa shape index (κ2) is 6.57. The third kappa shape index (κ3) is 4.28. The molecule has 2 rings (SSSR count). The standard InChI is InChI=1S/C17H16O3/c1-13-5-8-16(9-6-13)20-12-15-4-2-3-14(11-15)7-10-17(18)19/h2-11H,12H2,1H3,(H,18,19). The van der Waals surface area contributed by atoms with Crippen LogP contribution in [0, 0.1) is 6.92 Å². The van der Waals surface area contributed by atoms with Gasteiger partial charge in [0.1, 0.15) is 12.4 Å². The van der Waals surface area contributed by atoms with Gasteiger partial charge in [0.15, 0.2) is 0 Å². The Morgan fingerprint density at radius 1 is 1.20 bits per heavy atom. The largest absolute Gasteiger partial charge is 0.489 e. The van der Waals surface area contributed by atoms with Crippen molar-refractivity contribution in [2.24, 2.45) is 0 Å². The van der Waals surface area contributed by atoms with E-state index < -0.39 is 5.97 Å². The lowest BCUT2D eigenvalue weighted by Gasteiger charge is -2.07. The predicted octanol–water partition coefficient (Wildman–Crippen LogP) is 3.67. The summed E-state index contributed by atoms with van der Waals surface area (Å²) < 4.78 is 5.69. The van der Waals surface area contributed by atoms with Crippen molar-refractivity contribution in [3.63, 3.8) is 0 Å². The van der Waals surface area contributed by atoms with Crippen molar-refractivity contribution >= 4 is 12.0 Å². The number of aliphatic carboxylic acids is 1. The molecule has 102 valence electrons. The van der Waals surface area contributed by atoms with Crippen LogP contribution in [0.2, 0.25) is 0 Å². The zero-order chi connectivity index (χ0) is 14.4. The summed E-state index contributed by atoms with van der Waals surface area (Å²) in [5.74, 6) is -0.131. The second-order valence-corrected chi connectivity index (χ2v) is 4.52. The molecule has 3 nitrogen and oxygen atoms in total. The summed E-state index contributed by atoms with van der Waals surface area (Å²) in [4.78, 5) is 10.5. The van der Waals surface area contributed by atoms with Gasteiger partial charge in [-0.2, -0.15) is 0 Å². The lowest BCUT2D eigenvalue weighted by Crippen LogP contribution is -1.95. The minimum Gasteiger partial charge on any atom is -0.489 e. The normalized spacial score (nSPS) is 10.7. The Labute approximate surface area is 118 Å². The number of benzene rings is 2. The van der Waals surface area contributed by atoms with Gasteiger partial charge in [0.25, 0.3) is 0 Å². The van der Waals surface area contributed by atoms with Crippen LogP contribution in [-0.2, 0) is 11.4 Å². The summed E-state index contributed by atoms with van der Waals surface area (Å²) in [5.41, 5.74) is 3.04. The number of carbonyl (C=O) groups is 1. The molecule has 20 heavy (non-hydrogen) atoms. The van der Waals surface area contributed by atoms with Gasteiger partial charge in [-0.05, 0) is 42.3 Å². The molecule has 0 unspecified atom stereocenters. The van der Waals surface area contributed by atoms with Crippen LogP contribution < -0.4 is 4.74 Å².